The lowest BCUT2D eigenvalue weighted by molar-refractivity contribution is -0.0248. The fourth-order valence-corrected chi connectivity index (χ4v) is 7.04. The van der Waals surface area contributed by atoms with Crippen LogP contribution in [-0.4, -0.2) is 47.0 Å². The second kappa shape index (κ2) is 17.6. The third-order valence-corrected chi connectivity index (χ3v) is 9.36. The molecule has 1 aliphatic heterocycles. The lowest BCUT2D eigenvalue weighted by Crippen LogP contribution is -2.53. The molecule has 0 saturated carbocycles. The maximum Gasteiger partial charge on any atom is 0.330 e. The molecule has 1 aliphatic rings. The van der Waals surface area contributed by atoms with E-state index in [9.17, 15) is 9.59 Å². The summed E-state index contributed by atoms with van der Waals surface area (Å²) in [5, 5.41) is 16.3. The van der Waals surface area contributed by atoms with E-state index in [-0.39, 0.29) is 46.3 Å². The van der Waals surface area contributed by atoms with Crippen LogP contribution in [0.2, 0.25) is 0 Å². The quantitative estimate of drug-likeness (QED) is 0.0751. The fourth-order valence-electron chi connectivity index (χ4n) is 6.54. The Balaban J connectivity index is 1.51. The van der Waals surface area contributed by atoms with Crippen LogP contribution in [0.1, 0.15) is 68.5 Å². The van der Waals surface area contributed by atoms with Gasteiger partial charge in [0.05, 0.1) is 37.3 Å². The highest BCUT2D eigenvalue weighted by Crippen LogP contribution is 2.40. The van der Waals surface area contributed by atoms with Crippen LogP contribution >= 0.6 is 9.03 Å². The van der Waals surface area contributed by atoms with Crippen molar-refractivity contribution in [1.82, 2.24) is 20.2 Å². The van der Waals surface area contributed by atoms with Gasteiger partial charge in [0.25, 0.3) is 5.56 Å². The SMILES string of the molecule is CC(C)NC(C)CCc1cn([C@H]2CC(NC(c3ccccc3)(c3ccccc3)c3ccccc3)[C@@H](COPOCCC#N)O2)c(=O)[nH]c1=O. The van der Waals surface area contributed by atoms with Gasteiger partial charge < -0.3 is 19.1 Å². The molecule has 49 heavy (non-hydrogen) atoms. The van der Waals surface area contributed by atoms with Gasteiger partial charge in [0.2, 0.25) is 0 Å². The summed E-state index contributed by atoms with van der Waals surface area (Å²) in [5.74, 6) is 0. The Morgan fingerprint density at radius 3 is 2.10 bits per heavy atom. The van der Waals surface area contributed by atoms with Crippen molar-refractivity contribution in [3.63, 3.8) is 0 Å². The first kappa shape index (κ1) is 36.3. The van der Waals surface area contributed by atoms with Crippen molar-refractivity contribution in [3.05, 3.63) is 140 Å². The van der Waals surface area contributed by atoms with Gasteiger partial charge in [-0.1, -0.05) is 105 Å². The Kier molecular flexibility index (Phi) is 13.1. The van der Waals surface area contributed by atoms with E-state index < -0.39 is 23.6 Å². The molecule has 1 aromatic heterocycles. The molecule has 0 amide bonds. The van der Waals surface area contributed by atoms with Crippen LogP contribution in [0, 0.1) is 11.3 Å². The molecule has 1 fully saturated rings. The zero-order chi connectivity index (χ0) is 34.6. The van der Waals surface area contributed by atoms with E-state index in [1.807, 2.05) is 54.6 Å². The van der Waals surface area contributed by atoms with E-state index in [1.165, 1.54) is 4.57 Å². The van der Waals surface area contributed by atoms with E-state index >= 15 is 0 Å². The van der Waals surface area contributed by atoms with Gasteiger partial charge in [-0.3, -0.25) is 19.7 Å². The van der Waals surface area contributed by atoms with Crippen molar-refractivity contribution in [1.29, 1.82) is 5.26 Å². The van der Waals surface area contributed by atoms with Crippen LogP contribution in [0.15, 0.2) is 107 Å². The van der Waals surface area contributed by atoms with E-state index in [0.717, 1.165) is 23.1 Å². The highest BCUT2D eigenvalue weighted by molar-refractivity contribution is 7.26. The molecule has 11 heteroatoms. The smallest absolute Gasteiger partial charge is 0.330 e. The third kappa shape index (κ3) is 9.20. The number of hydrogen-bond donors (Lipinski definition) is 3. The number of hydrogen-bond acceptors (Lipinski definition) is 8. The number of ether oxygens (including phenoxy) is 1. The minimum absolute atomic E-state index is 0.191. The number of benzene rings is 3. The molecular formula is C38H46N5O5P. The fraction of sp³-hybridized carbons (Fsp3) is 0.395. The lowest BCUT2D eigenvalue weighted by Gasteiger charge is -2.40. The first-order valence-electron chi connectivity index (χ1n) is 16.9. The van der Waals surface area contributed by atoms with Crippen molar-refractivity contribution in [2.24, 2.45) is 0 Å². The average molecular weight is 684 g/mol. The highest BCUT2D eigenvalue weighted by atomic mass is 31.1. The van der Waals surface area contributed by atoms with Crippen molar-refractivity contribution in [2.45, 2.75) is 82.5 Å². The van der Waals surface area contributed by atoms with E-state index in [4.69, 9.17) is 19.0 Å². The number of nitrogens with zero attached hydrogens (tertiary/aromatic N) is 2. The van der Waals surface area contributed by atoms with Crippen LogP contribution in [0.3, 0.4) is 0 Å². The summed E-state index contributed by atoms with van der Waals surface area (Å²) < 4.78 is 19.6. The zero-order valence-corrected chi connectivity index (χ0v) is 29.3. The molecule has 3 unspecified atom stereocenters. The molecule has 258 valence electrons. The predicted octanol–water partition coefficient (Wildman–Crippen LogP) is 5.55. The van der Waals surface area contributed by atoms with E-state index in [2.05, 4.69) is 78.9 Å². The topological polar surface area (TPSA) is 130 Å². The first-order valence-corrected chi connectivity index (χ1v) is 17.7. The largest absolute Gasteiger partial charge is 0.351 e. The van der Waals surface area contributed by atoms with Crippen molar-refractivity contribution < 1.29 is 13.8 Å². The van der Waals surface area contributed by atoms with Crippen LogP contribution in [-0.2, 0) is 25.7 Å². The maximum atomic E-state index is 13.3. The molecule has 4 aromatic rings. The van der Waals surface area contributed by atoms with Crippen LogP contribution in [0.25, 0.3) is 0 Å². The van der Waals surface area contributed by atoms with Crippen LogP contribution in [0.5, 0.6) is 0 Å². The number of nitrogens with one attached hydrogen (secondary N) is 3. The second-order valence-corrected chi connectivity index (χ2v) is 13.4. The average Bonchev–Trinajstić information content (AvgIpc) is 3.50. The molecule has 1 saturated heterocycles. The van der Waals surface area contributed by atoms with Crippen molar-refractivity contribution >= 4 is 9.03 Å². The number of aromatic nitrogens is 2. The van der Waals surface area contributed by atoms with Crippen LogP contribution in [0.4, 0.5) is 0 Å². The molecular weight excluding hydrogens is 637 g/mol. The number of rotatable bonds is 17. The molecule has 3 aromatic carbocycles. The zero-order valence-electron chi connectivity index (χ0n) is 28.3. The summed E-state index contributed by atoms with van der Waals surface area (Å²) >= 11 is 0. The molecule has 0 bridgehead atoms. The summed E-state index contributed by atoms with van der Waals surface area (Å²) in [6.45, 7) is 6.75. The molecule has 0 spiro atoms. The van der Waals surface area contributed by atoms with Crippen LogP contribution < -0.4 is 21.9 Å². The standard InChI is InChI=1S/C38H46N5O5P/c1-27(2)40-28(3)20-21-29-25-43(37(45)41-36(29)44)35-24-33(34(48-35)26-47-49-46-23-13-22-39)42-38(30-14-7-4-8-15-30,31-16-9-5-10-17-31)32-18-11-6-12-19-32/h4-12,14-19,25,27-28,33-35,40,42,49H,13,20-21,23-24,26H2,1-3H3,(H,41,44,45)/t28?,33?,34-,35-/m1/s1. The van der Waals surface area contributed by atoms with Gasteiger partial charge in [0, 0.05) is 36.3 Å². The molecule has 0 radical (unpaired) electrons. The van der Waals surface area contributed by atoms with Gasteiger partial charge in [0.1, 0.15) is 6.23 Å². The number of aryl methyl sites for hydroxylation is 1. The molecule has 5 atom stereocenters. The molecule has 3 N–H and O–H groups in total. The first-order chi connectivity index (χ1) is 23.8. The Hall–Kier alpha value is -3.94. The summed E-state index contributed by atoms with van der Waals surface area (Å²) in [5.41, 5.74) is 1.99. The molecule has 5 rings (SSSR count). The summed E-state index contributed by atoms with van der Waals surface area (Å²) in [7, 11) is -0.268. The Bertz CT molecular complexity index is 1660. The Morgan fingerprint density at radius 2 is 1.55 bits per heavy atom. The molecule has 10 nitrogen and oxygen atoms in total. The lowest BCUT2D eigenvalue weighted by atomic mass is 9.76. The summed E-state index contributed by atoms with van der Waals surface area (Å²) in [4.78, 5) is 28.7. The monoisotopic (exact) mass is 683 g/mol. The van der Waals surface area contributed by atoms with Gasteiger partial charge in [-0.2, -0.15) is 5.26 Å². The van der Waals surface area contributed by atoms with Gasteiger partial charge in [-0.05, 0) is 36.5 Å². The normalized spacial score (nSPS) is 18.6. The van der Waals surface area contributed by atoms with Crippen molar-refractivity contribution in [2.75, 3.05) is 13.2 Å². The summed E-state index contributed by atoms with van der Waals surface area (Å²) in [6.07, 6.45) is 2.47. The Labute approximate surface area is 289 Å². The van der Waals surface area contributed by atoms with Gasteiger partial charge in [0.15, 0.2) is 9.03 Å². The van der Waals surface area contributed by atoms with E-state index in [0.29, 0.717) is 24.4 Å². The second-order valence-electron chi connectivity index (χ2n) is 12.7. The van der Waals surface area contributed by atoms with Crippen molar-refractivity contribution in [3.8, 4) is 6.07 Å². The minimum atomic E-state index is -0.781. The number of aromatic amines is 1. The summed E-state index contributed by atoms with van der Waals surface area (Å²) in [6, 6.07) is 33.2. The number of H-pyrrole nitrogens is 1. The van der Waals surface area contributed by atoms with Gasteiger partial charge in [-0.15, -0.1) is 0 Å². The number of nitriles is 1. The molecule has 2 heterocycles. The minimum Gasteiger partial charge on any atom is -0.351 e. The maximum absolute atomic E-state index is 13.3. The van der Waals surface area contributed by atoms with E-state index in [1.54, 1.807) is 6.20 Å². The Morgan fingerprint density at radius 1 is 0.959 bits per heavy atom. The predicted molar refractivity (Wildman–Crippen MR) is 192 cm³/mol. The van der Waals surface area contributed by atoms with Gasteiger partial charge in [-0.25, -0.2) is 4.79 Å². The highest BCUT2D eigenvalue weighted by Gasteiger charge is 2.44. The third-order valence-electron chi connectivity index (χ3n) is 8.76. The molecule has 0 aliphatic carbocycles. The van der Waals surface area contributed by atoms with Gasteiger partial charge >= 0.3 is 5.69 Å².